The van der Waals surface area contributed by atoms with Crippen LogP contribution in [0.5, 0.6) is 0 Å². The number of aromatic nitrogens is 2. The minimum Gasteiger partial charge on any atom is -0.388 e. The van der Waals surface area contributed by atoms with Gasteiger partial charge in [-0.05, 0) is 26.3 Å². The van der Waals surface area contributed by atoms with Crippen molar-refractivity contribution in [2.75, 3.05) is 12.3 Å². The smallest absolute Gasteiger partial charge is 0.132 e. The third kappa shape index (κ3) is 1.81. The zero-order valence-corrected chi connectivity index (χ0v) is 8.55. The van der Waals surface area contributed by atoms with Gasteiger partial charge in [0.25, 0.3) is 0 Å². The standard InChI is InChI=1S/C8H14N4S/c1-6-3-2-4-12(6)5-7-8(9)13-11-10-7/h6H,2-5,9H2,1H3. The molecular formula is C8H14N4S. The molecule has 0 bridgehead atoms. The van der Waals surface area contributed by atoms with Crippen LogP contribution in [-0.4, -0.2) is 27.1 Å². The van der Waals surface area contributed by atoms with Crippen LogP contribution in [0.2, 0.25) is 0 Å². The molecule has 2 N–H and O–H groups in total. The predicted molar refractivity (Wildman–Crippen MR) is 53.4 cm³/mol. The minimum atomic E-state index is 0.668. The first-order chi connectivity index (χ1) is 6.27. The Kier molecular flexibility index (Phi) is 2.46. The molecule has 72 valence electrons. The van der Waals surface area contributed by atoms with Gasteiger partial charge in [0, 0.05) is 24.1 Å². The van der Waals surface area contributed by atoms with Crippen LogP contribution in [0.1, 0.15) is 25.5 Å². The lowest BCUT2D eigenvalue weighted by Gasteiger charge is -2.19. The van der Waals surface area contributed by atoms with Crippen LogP contribution in [0.3, 0.4) is 0 Å². The highest BCUT2D eigenvalue weighted by atomic mass is 32.1. The SMILES string of the molecule is CC1CCCN1Cc1nnsc1N. The molecule has 4 nitrogen and oxygen atoms in total. The molecule has 0 aromatic carbocycles. The van der Waals surface area contributed by atoms with Gasteiger partial charge in [0.2, 0.25) is 0 Å². The largest absolute Gasteiger partial charge is 0.388 e. The van der Waals surface area contributed by atoms with E-state index in [0.717, 1.165) is 23.8 Å². The van der Waals surface area contributed by atoms with Crippen LogP contribution in [0.15, 0.2) is 0 Å². The molecule has 0 amide bonds. The Morgan fingerprint density at radius 1 is 1.69 bits per heavy atom. The van der Waals surface area contributed by atoms with E-state index in [0.29, 0.717) is 6.04 Å². The molecule has 1 aliphatic heterocycles. The van der Waals surface area contributed by atoms with E-state index in [2.05, 4.69) is 21.4 Å². The Morgan fingerprint density at radius 3 is 3.08 bits per heavy atom. The summed E-state index contributed by atoms with van der Waals surface area (Å²) in [6.07, 6.45) is 2.58. The Labute approximate surface area is 81.9 Å². The maximum Gasteiger partial charge on any atom is 0.132 e. The van der Waals surface area contributed by atoms with Gasteiger partial charge in [0.05, 0.1) is 0 Å². The maximum absolute atomic E-state index is 5.73. The summed E-state index contributed by atoms with van der Waals surface area (Å²) in [5, 5.41) is 4.78. The van der Waals surface area contributed by atoms with E-state index in [9.17, 15) is 0 Å². The third-order valence-corrected chi connectivity index (χ3v) is 3.22. The molecule has 2 heterocycles. The van der Waals surface area contributed by atoms with Crippen LogP contribution in [0.4, 0.5) is 5.00 Å². The van der Waals surface area contributed by atoms with Crippen molar-refractivity contribution in [2.45, 2.75) is 32.4 Å². The molecule has 1 saturated heterocycles. The molecule has 1 unspecified atom stereocenters. The molecule has 0 aliphatic carbocycles. The summed E-state index contributed by atoms with van der Waals surface area (Å²) in [7, 11) is 0. The Morgan fingerprint density at radius 2 is 2.54 bits per heavy atom. The molecule has 5 heteroatoms. The first-order valence-electron chi connectivity index (χ1n) is 4.58. The van der Waals surface area contributed by atoms with Gasteiger partial charge >= 0.3 is 0 Å². The van der Waals surface area contributed by atoms with E-state index < -0.39 is 0 Å². The molecule has 1 aromatic rings. The number of nitrogen functional groups attached to an aromatic ring is 1. The maximum atomic E-state index is 5.73. The summed E-state index contributed by atoms with van der Waals surface area (Å²) in [5.41, 5.74) is 6.67. The number of rotatable bonds is 2. The molecule has 0 radical (unpaired) electrons. The molecule has 13 heavy (non-hydrogen) atoms. The van der Waals surface area contributed by atoms with E-state index in [1.807, 2.05) is 0 Å². The summed E-state index contributed by atoms with van der Waals surface area (Å²) in [6.45, 7) is 4.28. The lowest BCUT2D eigenvalue weighted by molar-refractivity contribution is 0.257. The van der Waals surface area contributed by atoms with Crippen molar-refractivity contribution in [3.63, 3.8) is 0 Å². The summed E-state index contributed by atoms with van der Waals surface area (Å²) < 4.78 is 3.83. The van der Waals surface area contributed by atoms with E-state index in [1.165, 1.54) is 24.4 Å². The normalized spacial score (nSPS) is 23.9. The van der Waals surface area contributed by atoms with Gasteiger partial charge in [0.15, 0.2) is 0 Å². The second-order valence-electron chi connectivity index (χ2n) is 3.55. The van der Waals surface area contributed by atoms with Crippen LogP contribution in [-0.2, 0) is 6.54 Å². The Balaban J connectivity index is 2.01. The topological polar surface area (TPSA) is 55.0 Å². The quantitative estimate of drug-likeness (QED) is 0.773. The van der Waals surface area contributed by atoms with Crippen LogP contribution >= 0.6 is 11.5 Å². The zero-order valence-electron chi connectivity index (χ0n) is 7.73. The van der Waals surface area contributed by atoms with Gasteiger partial charge in [-0.3, -0.25) is 4.90 Å². The van der Waals surface area contributed by atoms with Crippen LogP contribution in [0.25, 0.3) is 0 Å². The zero-order chi connectivity index (χ0) is 9.26. The van der Waals surface area contributed by atoms with E-state index in [-0.39, 0.29) is 0 Å². The number of hydrogen-bond acceptors (Lipinski definition) is 5. The van der Waals surface area contributed by atoms with Crippen molar-refractivity contribution in [3.05, 3.63) is 5.69 Å². The predicted octanol–water partition coefficient (Wildman–Crippen LogP) is 1.10. The Bertz CT molecular complexity index is 285. The van der Waals surface area contributed by atoms with E-state index >= 15 is 0 Å². The second-order valence-corrected chi connectivity index (χ2v) is 4.33. The highest BCUT2D eigenvalue weighted by Gasteiger charge is 2.21. The van der Waals surface area contributed by atoms with Gasteiger partial charge in [0.1, 0.15) is 10.7 Å². The molecule has 2 rings (SSSR count). The average molecular weight is 198 g/mol. The summed E-state index contributed by atoms with van der Waals surface area (Å²) in [4.78, 5) is 2.41. The first-order valence-corrected chi connectivity index (χ1v) is 5.35. The molecule has 0 saturated carbocycles. The highest BCUT2D eigenvalue weighted by Crippen LogP contribution is 2.21. The highest BCUT2D eigenvalue weighted by molar-refractivity contribution is 7.09. The van der Waals surface area contributed by atoms with E-state index in [4.69, 9.17) is 5.73 Å². The summed E-state index contributed by atoms with van der Waals surface area (Å²) in [6, 6.07) is 0.668. The first kappa shape index (κ1) is 8.90. The number of nitrogens with zero attached hydrogens (tertiary/aromatic N) is 3. The lowest BCUT2D eigenvalue weighted by atomic mass is 10.2. The molecule has 1 fully saturated rings. The van der Waals surface area contributed by atoms with Crippen molar-refractivity contribution in [3.8, 4) is 0 Å². The fraction of sp³-hybridized carbons (Fsp3) is 0.750. The number of anilines is 1. The minimum absolute atomic E-state index is 0.668. The van der Waals surface area contributed by atoms with Gasteiger partial charge in [-0.25, -0.2) is 0 Å². The van der Waals surface area contributed by atoms with Gasteiger partial charge in [-0.15, -0.1) is 5.10 Å². The molecule has 1 aromatic heterocycles. The fourth-order valence-electron chi connectivity index (χ4n) is 1.75. The third-order valence-electron chi connectivity index (χ3n) is 2.63. The summed E-state index contributed by atoms with van der Waals surface area (Å²) in [5.74, 6) is 0. The van der Waals surface area contributed by atoms with Crippen molar-refractivity contribution in [1.29, 1.82) is 0 Å². The van der Waals surface area contributed by atoms with Crippen LogP contribution < -0.4 is 5.73 Å². The molecule has 1 atom stereocenters. The Hall–Kier alpha value is -0.680. The van der Waals surface area contributed by atoms with Crippen molar-refractivity contribution in [2.24, 2.45) is 0 Å². The lowest BCUT2D eigenvalue weighted by Crippen LogP contribution is -2.26. The van der Waals surface area contributed by atoms with Crippen molar-refractivity contribution in [1.82, 2.24) is 14.5 Å². The second kappa shape index (κ2) is 3.59. The van der Waals surface area contributed by atoms with E-state index in [1.54, 1.807) is 0 Å². The molecule has 1 aliphatic rings. The summed E-state index contributed by atoms with van der Waals surface area (Å²) >= 11 is 1.28. The molecular weight excluding hydrogens is 184 g/mol. The van der Waals surface area contributed by atoms with Gasteiger partial charge in [-0.2, -0.15) is 0 Å². The van der Waals surface area contributed by atoms with Crippen molar-refractivity contribution >= 4 is 16.5 Å². The number of hydrogen-bond donors (Lipinski definition) is 1. The van der Waals surface area contributed by atoms with Gasteiger partial charge in [-0.1, -0.05) is 4.49 Å². The number of likely N-dealkylation sites (tertiary alicyclic amines) is 1. The molecule has 0 spiro atoms. The monoisotopic (exact) mass is 198 g/mol. The van der Waals surface area contributed by atoms with Crippen LogP contribution in [0, 0.1) is 0 Å². The average Bonchev–Trinajstić information content (AvgIpc) is 2.65. The fourth-order valence-corrected chi connectivity index (χ4v) is 2.18. The number of nitrogens with two attached hydrogens (primary N) is 1. The van der Waals surface area contributed by atoms with Gasteiger partial charge < -0.3 is 5.73 Å². The van der Waals surface area contributed by atoms with Crippen molar-refractivity contribution < 1.29 is 0 Å².